The molecule has 2 aromatic rings. The van der Waals surface area contributed by atoms with E-state index >= 15 is 0 Å². The van der Waals surface area contributed by atoms with E-state index in [1.807, 2.05) is 24.4 Å². The van der Waals surface area contributed by atoms with Gasteiger partial charge in [0.2, 0.25) is 0 Å². The summed E-state index contributed by atoms with van der Waals surface area (Å²) in [5.74, 6) is 2.47. The van der Waals surface area contributed by atoms with E-state index in [9.17, 15) is 0 Å². The van der Waals surface area contributed by atoms with Crippen molar-refractivity contribution in [2.45, 2.75) is 50.5 Å². The molecule has 26 heavy (non-hydrogen) atoms. The number of rotatable bonds is 8. The Labute approximate surface area is 159 Å². The number of piperidine rings is 1. The second-order valence-corrected chi connectivity index (χ2v) is 7.58. The van der Waals surface area contributed by atoms with Gasteiger partial charge in [0.1, 0.15) is 11.6 Å². The van der Waals surface area contributed by atoms with Gasteiger partial charge in [-0.15, -0.1) is 0 Å². The number of nitrogens with two attached hydrogens (primary N) is 1. The Balaban J connectivity index is 1.59. The van der Waals surface area contributed by atoms with Crippen LogP contribution in [0.25, 0.3) is 0 Å². The van der Waals surface area contributed by atoms with E-state index in [0.717, 1.165) is 54.6 Å². The summed E-state index contributed by atoms with van der Waals surface area (Å²) in [6.45, 7) is 4.58. The zero-order valence-corrected chi connectivity index (χ0v) is 16.1. The second-order valence-electron chi connectivity index (χ2n) is 6.52. The monoisotopic (exact) mass is 373 g/mol. The molecule has 0 aliphatic carbocycles. The van der Waals surface area contributed by atoms with Crippen molar-refractivity contribution in [1.82, 2.24) is 15.0 Å². The fourth-order valence-electron chi connectivity index (χ4n) is 2.94. The van der Waals surface area contributed by atoms with Gasteiger partial charge in [-0.2, -0.15) is 0 Å². The number of ether oxygens (including phenoxy) is 1. The van der Waals surface area contributed by atoms with Crippen molar-refractivity contribution >= 4 is 23.4 Å². The fourth-order valence-corrected chi connectivity index (χ4v) is 3.89. The third-order valence-corrected chi connectivity index (χ3v) is 5.29. The van der Waals surface area contributed by atoms with Crippen LogP contribution in [-0.2, 0) is 11.3 Å². The smallest absolute Gasteiger partial charge is 0.191 e. The van der Waals surface area contributed by atoms with Gasteiger partial charge >= 0.3 is 0 Å². The van der Waals surface area contributed by atoms with Crippen LogP contribution in [-0.4, -0.2) is 39.9 Å². The zero-order chi connectivity index (χ0) is 18.2. The van der Waals surface area contributed by atoms with Crippen LogP contribution in [0.2, 0.25) is 0 Å². The molecule has 7 heteroatoms. The number of pyridine rings is 1. The van der Waals surface area contributed by atoms with Gasteiger partial charge in [-0.05, 0) is 30.9 Å². The molecular weight excluding hydrogens is 346 g/mol. The van der Waals surface area contributed by atoms with Crippen molar-refractivity contribution < 1.29 is 4.74 Å². The summed E-state index contributed by atoms with van der Waals surface area (Å²) < 4.78 is 6.10. The van der Waals surface area contributed by atoms with E-state index in [0.29, 0.717) is 12.4 Å². The Hall–Kier alpha value is -1.86. The molecule has 140 valence electrons. The van der Waals surface area contributed by atoms with Crippen molar-refractivity contribution in [1.29, 1.82) is 0 Å². The average Bonchev–Trinajstić information content (AvgIpc) is 2.67. The first kappa shape index (κ1) is 18.9. The summed E-state index contributed by atoms with van der Waals surface area (Å²) in [4.78, 5) is 15.5. The highest BCUT2D eigenvalue weighted by molar-refractivity contribution is 7.99. The Morgan fingerprint density at radius 1 is 1.38 bits per heavy atom. The Bertz CT molecular complexity index is 685. The molecule has 0 bridgehead atoms. The number of thioether (sulfide) groups is 1. The van der Waals surface area contributed by atoms with Gasteiger partial charge in [0.15, 0.2) is 5.16 Å². The first-order valence-corrected chi connectivity index (χ1v) is 10.3. The van der Waals surface area contributed by atoms with Crippen molar-refractivity contribution in [3.63, 3.8) is 0 Å². The molecule has 6 nitrogen and oxygen atoms in total. The number of nitrogen functional groups attached to an aromatic ring is 1. The first-order valence-electron chi connectivity index (χ1n) is 9.27. The van der Waals surface area contributed by atoms with Crippen LogP contribution in [0.5, 0.6) is 0 Å². The molecule has 1 saturated heterocycles. The van der Waals surface area contributed by atoms with Crippen LogP contribution in [0.4, 0.5) is 11.6 Å². The minimum Gasteiger partial charge on any atom is -0.383 e. The standard InChI is InChI=1S/C19H27N5OS/c1-2-3-10-26-19-22-17(20)11-18(23-19)24-9-5-7-16(13-24)25-14-15-6-4-8-21-12-15/h4,6,8,11-12,16H,2-3,5,7,9-10,13-14H2,1H3,(H2,20,22,23). The summed E-state index contributed by atoms with van der Waals surface area (Å²) in [6.07, 6.45) is 8.30. The molecule has 1 unspecified atom stereocenters. The van der Waals surface area contributed by atoms with Crippen molar-refractivity contribution in [3.05, 3.63) is 36.2 Å². The quantitative estimate of drug-likeness (QED) is 0.431. The van der Waals surface area contributed by atoms with Gasteiger partial charge in [0.25, 0.3) is 0 Å². The molecule has 0 radical (unpaired) electrons. The third kappa shape index (κ3) is 5.57. The summed E-state index contributed by atoms with van der Waals surface area (Å²) in [6, 6.07) is 5.85. The molecule has 3 heterocycles. The Morgan fingerprint density at radius 2 is 2.31 bits per heavy atom. The summed E-state index contributed by atoms with van der Waals surface area (Å²) in [5.41, 5.74) is 7.11. The van der Waals surface area contributed by atoms with Gasteiger partial charge in [-0.3, -0.25) is 4.98 Å². The number of nitrogens with zero attached hydrogens (tertiary/aromatic N) is 4. The minimum absolute atomic E-state index is 0.191. The van der Waals surface area contributed by atoms with Crippen LogP contribution < -0.4 is 10.6 Å². The van der Waals surface area contributed by atoms with Gasteiger partial charge < -0.3 is 15.4 Å². The predicted octanol–water partition coefficient (Wildman–Crippen LogP) is 3.53. The molecule has 2 aromatic heterocycles. The lowest BCUT2D eigenvalue weighted by Gasteiger charge is -2.33. The number of hydrogen-bond donors (Lipinski definition) is 1. The van der Waals surface area contributed by atoms with Crippen LogP contribution in [0.1, 0.15) is 38.2 Å². The fraction of sp³-hybridized carbons (Fsp3) is 0.526. The molecule has 1 atom stereocenters. The molecule has 1 fully saturated rings. The van der Waals surface area contributed by atoms with Crippen molar-refractivity contribution in [3.8, 4) is 0 Å². The number of hydrogen-bond acceptors (Lipinski definition) is 7. The number of unbranched alkanes of at least 4 members (excludes halogenated alkanes) is 1. The van der Waals surface area contributed by atoms with E-state index in [1.54, 1.807) is 18.0 Å². The maximum absolute atomic E-state index is 6.10. The van der Waals surface area contributed by atoms with Crippen molar-refractivity contribution in [2.24, 2.45) is 0 Å². The largest absolute Gasteiger partial charge is 0.383 e. The SMILES string of the molecule is CCCCSc1nc(N)cc(N2CCCC(OCc3cccnc3)C2)n1. The first-order chi connectivity index (χ1) is 12.7. The molecule has 0 saturated carbocycles. The zero-order valence-electron chi connectivity index (χ0n) is 15.3. The molecule has 1 aliphatic rings. The number of aromatic nitrogens is 3. The van der Waals surface area contributed by atoms with E-state index in [1.165, 1.54) is 6.42 Å². The van der Waals surface area contributed by atoms with Gasteiger partial charge in [0.05, 0.1) is 12.7 Å². The molecule has 3 rings (SSSR count). The lowest BCUT2D eigenvalue weighted by atomic mass is 10.1. The molecule has 0 amide bonds. The molecule has 2 N–H and O–H groups in total. The van der Waals surface area contributed by atoms with E-state index in [4.69, 9.17) is 15.5 Å². The third-order valence-electron chi connectivity index (χ3n) is 4.35. The van der Waals surface area contributed by atoms with Gasteiger partial charge in [-0.25, -0.2) is 9.97 Å². The summed E-state index contributed by atoms with van der Waals surface area (Å²) >= 11 is 1.68. The Kier molecular flexibility index (Phi) is 7.08. The maximum atomic E-state index is 6.10. The van der Waals surface area contributed by atoms with E-state index < -0.39 is 0 Å². The predicted molar refractivity (Wildman–Crippen MR) is 106 cm³/mol. The summed E-state index contributed by atoms with van der Waals surface area (Å²) in [5, 5.41) is 0.770. The lowest BCUT2D eigenvalue weighted by molar-refractivity contribution is 0.0313. The van der Waals surface area contributed by atoms with Crippen LogP contribution in [0, 0.1) is 0 Å². The highest BCUT2D eigenvalue weighted by atomic mass is 32.2. The topological polar surface area (TPSA) is 77.2 Å². The van der Waals surface area contributed by atoms with Crippen molar-refractivity contribution in [2.75, 3.05) is 29.5 Å². The summed E-state index contributed by atoms with van der Waals surface area (Å²) in [7, 11) is 0. The number of anilines is 2. The highest BCUT2D eigenvalue weighted by Gasteiger charge is 2.22. The highest BCUT2D eigenvalue weighted by Crippen LogP contribution is 2.25. The van der Waals surface area contributed by atoms with Gasteiger partial charge in [-0.1, -0.05) is 31.2 Å². The maximum Gasteiger partial charge on any atom is 0.191 e. The molecular formula is C19H27N5OS. The molecule has 0 aromatic carbocycles. The second kappa shape index (κ2) is 9.73. The molecule has 0 spiro atoms. The van der Waals surface area contributed by atoms with Crippen LogP contribution >= 0.6 is 11.8 Å². The Morgan fingerprint density at radius 3 is 3.12 bits per heavy atom. The lowest BCUT2D eigenvalue weighted by Crippen LogP contribution is -2.40. The van der Waals surface area contributed by atoms with E-state index in [-0.39, 0.29) is 6.10 Å². The van der Waals surface area contributed by atoms with Crippen LogP contribution in [0.15, 0.2) is 35.7 Å². The minimum atomic E-state index is 0.191. The normalized spacial score (nSPS) is 17.4. The van der Waals surface area contributed by atoms with E-state index in [2.05, 4.69) is 21.8 Å². The molecule has 1 aliphatic heterocycles. The van der Waals surface area contributed by atoms with Crippen LogP contribution in [0.3, 0.4) is 0 Å². The van der Waals surface area contributed by atoms with Gasteiger partial charge in [0, 0.05) is 37.3 Å². The average molecular weight is 374 g/mol.